The van der Waals surface area contributed by atoms with Crippen LogP contribution < -0.4 is 24.0 Å². The van der Waals surface area contributed by atoms with Crippen molar-refractivity contribution in [2.75, 3.05) is 27.7 Å². The molecule has 0 heterocycles. The van der Waals surface area contributed by atoms with E-state index >= 15 is 0 Å². The van der Waals surface area contributed by atoms with Crippen molar-refractivity contribution in [3.8, 4) is 0 Å². The van der Waals surface area contributed by atoms with Gasteiger partial charge in [-0.3, -0.25) is 0 Å². The molecule has 0 bridgehead atoms. The van der Waals surface area contributed by atoms with Gasteiger partial charge in [-0.05, 0) is 25.2 Å². The Morgan fingerprint density at radius 1 is 1.19 bits per heavy atom. The molecule has 0 radical (unpaired) electrons. The van der Waals surface area contributed by atoms with Gasteiger partial charge in [0.1, 0.15) is 0 Å². The summed E-state index contributed by atoms with van der Waals surface area (Å²) in [5.41, 5.74) is 0. The van der Waals surface area contributed by atoms with E-state index in [4.69, 9.17) is 0 Å². The summed E-state index contributed by atoms with van der Waals surface area (Å²) in [5, 5.41) is 9.98. The summed E-state index contributed by atoms with van der Waals surface area (Å²) in [6.07, 6.45) is 6.02. The molecule has 1 aliphatic rings. The van der Waals surface area contributed by atoms with Gasteiger partial charge in [-0.1, -0.05) is 19.8 Å². The highest BCUT2D eigenvalue weighted by atomic mass is 127. The fraction of sp³-hybridized carbons (Fsp3) is 1.00. The summed E-state index contributed by atoms with van der Waals surface area (Å²) >= 11 is 0. The molecule has 0 aromatic heterocycles. The molecule has 1 saturated carbocycles. The summed E-state index contributed by atoms with van der Waals surface area (Å²) in [4.78, 5) is 0. The molecule has 1 fully saturated rings. The maximum Gasteiger partial charge on any atom is 0.0810 e. The van der Waals surface area contributed by atoms with Crippen LogP contribution in [0.15, 0.2) is 0 Å². The number of halogens is 1. The minimum absolute atomic E-state index is 0. The Balaban J connectivity index is 0.00000225. The molecule has 0 aromatic rings. The van der Waals surface area contributed by atoms with Crippen LogP contribution in [0.4, 0.5) is 0 Å². The first-order valence-electron chi connectivity index (χ1n) is 6.41. The van der Waals surface area contributed by atoms with Gasteiger partial charge in [0, 0.05) is 5.92 Å². The van der Waals surface area contributed by atoms with E-state index < -0.39 is 0 Å². The van der Waals surface area contributed by atoms with Gasteiger partial charge in [-0.25, -0.2) is 0 Å². The molecule has 0 aliphatic heterocycles. The quantitative estimate of drug-likeness (QED) is 0.517. The van der Waals surface area contributed by atoms with E-state index in [0.29, 0.717) is 5.92 Å². The van der Waals surface area contributed by atoms with Crippen LogP contribution in [0.3, 0.4) is 0 Å². The highest BCUT2D eigenvalue weighted by Crippen LogP contribution is 2.35. The molecule has 1 N–H and O–H groups in total. The third kappa shape index (κ3) is 5.82. The Morgan fingerprint density at radius 2 is 1.81 bits per heavy atom. The van der Waals surface area contributed by atoms with Crippen molar-refractivity contribution in [1.29, 1.82) is 0 Å². The number of quaternary nitrogens is 1. The molecule has 0 unspecified atom stereocenters. The van der Waals surface area contributed by atoms with Gasteiger partial charge >= 0.3 is 0 Å². The van der Waals surface area contributed by atoms with Gasteiger partial charge < -0.3 is 33.6 Å². The zero-order valence-corrected chi connectivity index (χ0v) is 13.4. The van der Waals surface area contributed by atoms with Crippen molar-refractivity contribution >= 4 is 0 Å². The molecule has 0 saturated heterocycles. The van der Waals surface area contributed by atoms with Crippen LogP contribution in [-0.2, 0) is 0 Å². The molecule has 3 atom stereocenters. The zero-order chi connectivity index (χ0) is 11.5. The normalized spacial score (nSPS) is 30.2. The smallest absolute Gasteiger partial charge is 0.0810 e. The maximum atomic E-state index is 9.98. The summed E-state index contributed by atoms with van der Waals surface area (Å²) in [7, 11) is 6.73. The largest absolute Gasteiger partial charge is 1.00 e. The van der Waals surface area contributed by atoms with Crippen LogP contribution in [0.5, 0.6) is 0 Å². The molecule has 0 spiro atoms. The first kappa shape index (κ1) is 16.6. The van der Waals surface area contributed by atoms with E-state index in [1.807, 2.05) is 0 Å². The van der Waals surface area contributed by atoms with Crippen molar-refractivity contribution < 1.29 is 33.6 Å². The lowest BCUT2D eigenvalue weighted by Crippen LogP contribution is -3.00. The minimum atomic E-state index is -0.0203. The van der Waals surface area contributed by atoms with Gasteiger partial charge in [0.25, 0.3) is 0 Å². The van der Waals surface area contributed by atoms with Gasteiger partial charge in [0.15, 0.2) is 0 Å². The van der Waals surface area contributed by atoms with Gasteiger partial charge in [-0.2, -0.15) is 0 Å². The van der Waals surface area contributed by atoms with Gasteiger partial charge in [0.2, 0.25) is 0 Å². The molecule has 1 aliphatic carbocycles. The Hall–Kier alpha value is 0.650. The fourth-order valence-electron chi connectivity index (χ4n) is 2.92. The standard InChI is InChI=1S/C13H28NO.HI/c1-5-6-7-12-8-11(9-13(12)15)10-14(2,3)4;/h11-13,15H,5-10H2,1-4H3;1H/q+1;/p-1/t11-,12+,13+;/m0./s1. The summed E-state index contributed by atoms with van der Waals surface area (Å²) in [6, 6.07) is 0. The van der Waals surface area contributed by atoms with Crippen LogP contribution in [0, 0.1) is 11.8 Å². The number of aliphatic hydroxyl groups excluding tert-OH is 1. The predicted octanol–water partition coefficient (Wildman–Crippen LogP) is -0.726. The number of hydrogen-bond acceptors (Lipinski definition) is 1. The summed E-state index contributed by atoms with van der Waals surface area (Å²) in [6.45, 7) is 3.44. The molecule has 0 amide bonds. The molecular formula is C13H28INO. The van der Waals surface area contributed by atoms with Gasteiger partial charge in [0.05, 0.1) is 33.8 Å². The lowest BCUT2D eigenvalue weighted by atomic mass is 9.97. The number of nitrogens with zero attached hydrogens (tertiary/aromatic N) is 1. The Kier molecular flexibility index (Phi) is 7.46. The van der Waals surface area contributed by atoms with Crippen molar-refractivity contribution in [3.63, 3.8) is 0 Å². The highest BCUT2D eigenvalue weighted by Gasteiger charge is 2.34. The second kappa shape index (κ2) is 7.17. The highest BCUT2D eigenvalue weighted by molar-refractivity contribution is 4.82. The fourth-order valence-corrected chi connectivity index (χ4v) is 2.92. The lowest BCUT2D eigenvalue weighted by molar-refractivity contribution is -0.873. The lowest BCUT2D eigenvalue weighted by Gasteiger charge is -2.27. The maximum absolute atomic E-state index is 9.98. The number of aliphatic hydroxyl groups is 1. The van der Waals surface area contributed by atoms with E-state index in [-0.39, 0.29) is 30.1 Å². The van der Waals surface area contributed by atoms with Crippen LogP contribution in [0.1, 0.15) is 39.0 Å². The topological polar surface area (TPSA) is 20.2 Å². The monoisotopic (exact) mass is 341 g/mol. The molecule has 1 rings (SSSR count). The number of hydrogen-bond donors (Lipinski definition) is 1. The van der Waals surface area contributed by atoms with Crippen molar-refractivity contribution in [2.24, 2.45) is 11.8 Å². The second-order valence-electron chi connectivity index (χ2n) is 6.28. The van der Waals surface area contributed by atoms with Crippen LogP contribution in [-0.4, -0.2) is 43.4 Å². The number of unbranched alkanes of at least 4 members (excludes halogenated alkanes) is 1. The molecule has 0 aromatic carbocycles. The molecule has 98 valence electrons. The van der Waals surface area contributed by atoms with E-state index in [9.17, 15) is 5.11 Å². The van der Waals surface area contributed by atoms with Crippen molar-refractivity contribution in [2.45, 2.75) is 45.1 Å². The van der Waals surface area contributed by atoms with Crippen LogP contribution in [0.25, 0.3) is 0 Å². The Morgan fingerprint density at radius 3 is 2.31 bits per heavy atom. The average Bonchev–Trinajstić information content (AvgIpc) is 2.39. The first-order chi connectivity index (χ1) is 6.92. The van der Waals surface area contributed by atoms with Crippen molar-refractivity contribution in [1.82, 2.24) is 0 Å². The molecular weight excluding hydrogens is 313 g/mol. The first-order valence-corrected chi connectivity index (χ1v) is 6.41. The predicted molar refractivity (Wildman–Crippen MR) is 64.6 cm³/mol. The molecule has 3 heteroatoms. The third-order valence-corrected chi connectivity index (χ3v) is 3.49. The summed E-state index contributed by atoms with van der Waals surface area (Å²) < 4.78 is 1.03. The summed E-state index contributed by atoms with van der Waals surface area (Å²) in [5.74, 6) is 1.32. The second-order valence-corrected chi connectivity index (χ2v) is 6.28. The Labute approximate surface area is 118 Å². The van der Waals surface area contributed by atoms with E-state index in [2.05, 4.69) is 28.1 Å². The van der Waals surface area contributed by atoms with Crippen molar-refractivity contribution in [3.05, 3.63) is 0 Å². The molecule has 16 heavy (non-hydrogen) atoms. The van der Waals surface area contributed by atoms with Gasteiger partial charge in [-0.15, -0.1) is 0 Å². The Bertz CT molecular complexity index is 191. The SMILES string of the molecule is CCCC[C@@H]1C[C@H](C[N+](C)(C)C)C[C@H]1O.[I-]. The van der Waals surface area contributed by atoms with Crippen LogP contribution in [0.2, 0.25) is 0 Å². The van der Waals surface area contributed by atoms with E-state index in [1.54, 1.807) is 0 Å². The zero-order valence-electron chi connectivity index (χ0n) is 11.2. The number of rotatable bonds is 5. The van der Waals surface area contributed by atoms with Crippen LogP contribution >= 0.6 is 0 Å². The van der Waals surface area contributed by atoms with E-state index in [1.165, 1.54) is 32.2 Å². The third-order valence-electron chi connectivity index (χ3n) is 3.49. The minimum Gasteiger partial charge on any atom is -1.00 e. The average molecular weight is 341 g/mol. The van der Waals surface area contributed by atoms with E-state index in [0.717, 1.165) is 16.8 Å². The molecule has 2 nitrogen and oxygen atoms in total.